The lowest BCUT2D eigenvalue weighted by Gasteiger charge is -2.16. The molecule has 1 aromatic rings. The molecule has 7 nitrogen and oxygen atoms in total. The van der Waals surface area contributed by atoms with Gasteiger partial charge in [-0.15, -0.1) is 0 Å². The van der Waals surface area contributed by atoms with E-state index >= 15 is 0 Å². The Morgan fingerprint density at radius 3 is 2.24 bits per heavy atom. The number of amides is 1. The van der Waals surface area contributed by atoms with Gasteiger partial charge >= 0.3 is 5.97 Å². The SMILES string of the molecule is C[C@H](NS(=O)(=O)c1ccc(F)cc1)C(=O)O[C@@H](C)C(N)=O. The van der Waals surface area contributed by atoms with Crippen LogP contribution in [0.4, 0.5) is 4.39 Å². The average Bonchev–Trinajstić information content (AvgIpc) is 2.38. The molecule has 0 unspecified atom stereocenters. The molecule has 0 heterocycles. The lowest BCUT2D eigenvalue weighted by Crippen LogP contribution is -2.42. The van der Waals surface area contributed by atoms with Gasteiger partial charge in [-0.3, -0.25) is 9.59 Å². The second-order valence-corrected chi connectivity index (χ2v) is 5.99. The number of nitrogens with two attached hydrogens (primary N) is 1. The third kappa shape index (κ3) is 4.80. The van der Waals surface area contributed by atoms with Crippen LogP contribution in [0.15, 0.2) is 29.2 Å². The Hall–Kier alpha value is -2.00. The quantitative estimate of drug-likeness (QED) is 0.711. The number of hydrogen-bond acceptors (Lipinski definition) is 5. The molecule has 1 amide bonds. The van der Waals surface area contributed by atoms with Gasteiger partial charge in [0.15, 0.2) is 6.10 Å². The zero-order chi connectivity index (χ0) is 16.2. The molecule has 0 aliphatic heterocycles. The minimum absolute atomic E-state index is 0.202. The summed E-state index contributed by atoms with van der Waals surface area (Å²) in [7, 11) is -4.01. The molecule has 116 valence electrons. The van der Waals surface area contributed by atoms with E-state index in [1.807, 2.05) is 0 Å². The van der Waals surface area contributed by atoms with E-state index in [0.29, 0.717) is 0 Å². The van der Waals surface area contributed by atoms with Gasteiger partial charge in [0.1, 0.15) is 11.9 Å². The highest BCUT2D eigenvalue weighted by Gasteiger charge is 2.25. The minimum Gasteiger partial charge on any atom is -0.451 e. The molecule has 0 spiro atoms. The molecule has 9 heteroatoms. The fourth-order valence-electron chi connectivity index (χ4n) is 1.30. The molecular formula is C12H15FN2O5S. The first-order valence-electron chi connectivity index (χ1n) is 5.91. The van der Waals surface area contributed by atoms with Gasteiger partial charge in [0.25, 0.3) is 5.91 Å². The van der Waals surface area contributed by atoms with Gasteiger partial charge < -0.3 is 10.5 Å². The van der Waals surface area contributed by atoms with E-state index < -0.39 is 39.9 Å². The van der Waals surface area contributed by atoms with Crippen LogP contribution in [0.5, 0.6) is 0 Å². The Morgan fingerprint density at radius 2 is 1.76 bits per heavy atom. The van der Waals surface area contributed by atoms with Gasteiger partial charge in [-0.1, -0.05) is 0 Å². The van der Waals surface area contributed by atoms with Crippen molar-refractivity contribution in [2.75, 3.05) is 0 Å². The second-order valence-electron chi connectivity index (χ2n) is 4.28. The summed E-state index contributed by atoms with van der Waals surface area (Å²) in [4.78, 5) is 22.2. The van der Waals surface area contributed by atoms with Crippen molar-refractivity contribution in [3.63, 3.8) is 0 Å². The van der Waals surface area contributed by atoms with Crippen LogP contribution in [0.25, 0.3) is 0 Å². The summed E-state index contributed by atoms with van der Waals surface area (Å²) < 4.78 is 43.4. The number of ether oxygens (including phenoxy) is 1. The van der Waals surface area contributed by atoms with Crippen LogP contribution in [0.2, 0.25) is 0 Å². The number of carbonyl (C=O) groups is 2. The molecule has 0 bridgehead atoms. The first-order valence-corrected chi connectivity index (χ1v) is 7.39. The van der Waals surface area contributed by atoms with Crippen molar-refractivity contribution >= 4 is 21.9 Å². The van der Waals surface area contributed by atoms with Crippen LogP contribution in [0, 0.1) is 5.82 Å². The van der Waals surface area contributed by atoms with Crippen molar-refractivity contribution < 1.29 is 27.1 Å². The Bertz CT molecular complexity index is 630. The van der Waals surface area contributed by atoms with Crippen molar-refractivity contribution in [3.05, 3.63) is 30.1 Å². The molecular weight excluding hydrogens is 303 g/mol. The lowest BCUT2D eigenvalue weighted by atomic mass is 10.3. The monoisotopic (exact) mass is 318 g/mol. The first kappa shape index (κ1) is 17.1. The number of nitrogens with one attached hydrogen (secondary N) is 1. The summed E-state index contributed by atoms with van der Waals surface area (Å²) in [6, 6.07) is 2.84. The maximum atomic E-state index is 12.8. The van der Waals surface area contributed by atoms with E-state index in [4.69, 9.17) is 5.73 Å². The highest BCUT2D eigenvalue weighted by atomic mass is 32.2. The van der Waals surface area contributed by atoms with Gasteiger partial charge in [-0.2, -0.15) is 4.72 Å². The van der Waals surface area contributed by atoms with E-state index in [2.05, 4.69) is 9.46 Å². The fraction of sp³-hybridized carbons (Fsp3) is 0.333. The van der Waals surface area contributed by atoms with Crippen molar-refractivity contribution in [2.45, 2.75) is 30.9 Å². The van der Waals surface area contributed by atoms with E-state index in [1.54, 1.807) is 0 Å². The maximum absolute atomic E-state index is 12.8. The highest BCUT2D eigenvalue weighted by molar-refractivity contribution is 7.89. The number of esters is 1. The standard InChI is InChI=1S/C12H15FN2O5S/c1-7(12(17)20-8(2)11(14)16)15-21(18,19)10-5-3-9(13)4-6-10/h3-8,15H,1-2H3,(H2,14,16)/t7-,8-/m0/s1. The fourth-order valence-corrected chi connectivity index (χ4v) is 2.49. The Kier molecular flexibility index (Phi) is 5.39. The Labute approximate surface area is 121 Å². The zero-order valence-corrected chi connectivity index (χ0v) is 12.2. The van der Waals surface area contributed by atoms with Crippen LogP contribution < -0.4 is 10.5 Å². The molecule has 1 rings (SSSR count). The average molecular weight is 318 g/mol. The summed E-state index contributed by atoms with van der Waals surface area (Å²) in [5.41, 5.74) is 4.93. The maximum Gasteiger partial charge on any atom is 0.324 e. The summed E-state index contributed by atoms with van der Waals surface area (Å²) >= 11 is 0. The molecule has 0 radical (unpaired) electrons. The van der Waals surface area contributed by atoms with Gasteiger partial charge in [0.05, 0.1) is 4.90 Å². The van der Waals surface area contributed by atoms with E-state index in [1.165, 1.54) is 13.8 Å². The second kappa shape index (κ2) is 6.64. The highest BCUT2D eigenvalue weighted by Crippen LogP contribution is 2.10. The van der Waals surface area contributed by atoms with Gasteiger partial charge in [-0.25, -0.2) is 12.8 Å². The number of hydrogen-bond donors (Lipinski definition) is 2. The molecule has 0 saturated carbocycles. The van der Waals surface area contributed by atoms with E-state index in [9.17, 15) is 22.4 Å². The molecule has 0 saturated heterocycles. The summed E-state index contributed by atoms with van der Waals surface area (Å²) in [5, 5.41) is 0. The Morgan fingerprint density at radius 1 is 1.24 bits per heavy atom. The van der Waals surface area contributed by atoms with Gasteiger partial charge in [0, 0.05) is 0 Å². The lowest BCUT2D eigenvalue weighted by molar-refractivity contribution is -0.155. The Balaban J connectivity index is 2.77. The predicted octanol–water partition coefficient (Wildman–Crippen LogP) is -0.0905. The zero-order valence-electron chi connectivity index (χ0n) is 11.4. The first-order chi connectivity index (χ1) is 9.63. The minimum atomic E-state index is -4.01. The topological polar surface area (TPSA) is 116 Å². The molecule has 3 N–H and O–H groups in total. The van der Waals surface area contributed by atoms with Crippen LogP contribution in [-0.2, 0) is 24.3 Å². The van der Waals surface area contributed by atoms with E-state index in [0.717, 1.165) is 24.3 Å². The van der Waals surface area contributed by atoms with Gasteiger partial charge in [-0.05, 0) is 38.1 Å². The molecule has 21 heavy (non-hydrogen) atoms. The molecule has 0 aliphatic rings. The third-order valence-electron chi connectivity index (χ3n) is 2.50. The third-order valence-corrected chi connectivity index (χ3v) is 4.06. The largest absolute Gasteiger partial charge is 0.451 e. The molecule has 0 fully saturated rings. The number of sulfonamides is 1. The van der Waals surface area contributed by atoms with Crippen molar-refractivity contribution in [3.8, 4) is 0 Å². The normalized spacial score (nSPS) is 14.2. The van der Waals surface area contributed by atoms with Crippen molar-refractivity contribution in [2.24, 2.45) is 5.73 Å². The molecule has 2 atom stereocenters. The summed E-state index contributed by atoms with van der Waals surface area (Å²) in [5.74, 6) is -2.39. The summed E-state index contributed by atoms with van der Waals surface area (Å²) in [6.07, 6.45) is -1.17. The van der Waals surface area contributed by atoms with Gasteiger partial charge in [0.2, 0.25) is 10.0 Å². The molecule has 0 aliphatic carbocycles. The van der Waals surface area contributed by atoms with Crippen LogP contribution in [0.1, 0.15) is 13.8 Å². The predicted molar refractivity (Wildman–Crippen MR) is 70.9 cm³/mol. The molecule has 1 aromatic carbocycles. The van der Waals surface area contributed by atoms with Crippen LogP contribution in [0.3, 0.4) is 0 Å². The number of rotatable bonds is 6. The molecule has 0 aromatic heterocycles. The van der Waals surface area contributed by atoms with Crippen LogP contribution >= 0.6 is 0 Å². The summed E-state index contributed by atoms with van der Waals surface area (Å²) in [6.45, 7) is 2.51. The number of benzene rings is 1. The van der Waals surface area contributed by atoms with Crippen molar-refractivity contribution in [1.29, 1.82) is 0 Å². The number of primary amides is 1. The smallest absolute Gasteiger partial charge is 0.324 e. The van der Waals surface area contributed by atoms with Crippen molar-refractivity contribution in [1.82, 2.24) is 4.72 Å². The number of halogens is 1. The van der Waals surface area contributed by atoms with E-state index in [-0.39, 0.29) is 4.90 Å². The number of carbonyl (C=O) groups excluding carboxylic acids is 2. The van der Waals surface area contributed by atoms with Crippen LogP contribution in [-0.4, -0.2) is 32.4 Å².